The molecule has 3 nitrogen and oxygen atoms in total. The maximum atomic E-state index is 9.16. The van der Waals surface area contributed by atoms with Crippen molar-refractivity contribution >= 4 is 0 Å². The summed E-state index contributed by atoms with van der Waals surface area (Å²) in [6, 6.07) is 0. The maximum Gasteiger partial charge on any atom is 0.139 e. The van der Waals surface area contributed by atoms with E-state index in [0.29, 0.717) is 4.48 Å². The number of aliphatic hydroxyl groups is 1. The van der Waals surface area contributed by atoms with E-state index in [0.717, 1.165) is 13.0 Å². The van der Waals surface area contributed by atoms with Gasteiger partial charge in [-0.15, -0.1) is 0 Å². The smallest absolute Gasteiger partial charge is 0.139 e. The molecule has 0 radical (unpaired) electrons. The van der Waals surface area contributed by atoms with Crippen molar-refractivity contribution in [1.29, 1.82) is 0 Å². The Morgan fingerprint density at radius 1 is 1.45 bits per heavy atom. The molecule has 2 atom stereocenters. The summed E-state index contributed by atoms with van der Waals surface area (Å²) in [7, 11) is 4.09. The summed E-state index contributed by atoms with van der Waals surface area (Å²) in [5.41, 5.74) is 5.86. The third-order valence-electron chi connectivity index (χ3n) is 2.05. The van der Waals surface area contributed by atoms with Gasteiger partial charge in [-0.25, -0.2) is 0 Å². The van der Waals surface area contributed by atoms with E-state index in [2.05, 4.69) is 6.92 Å². The van der Waals surface area contributed by atoms with Gasteiger partial charge in [0.1, 0.15) is 18.8 Å². The predicted molar refractivity (Wildman–Crippen MR) is 46.9 cm³/mol. The van der Waals surface area contributed by atoms with Gasteiger partial charge in [0, 0.05) is 6.42 Å². The predicted octanol–water partition coefficient (Wildman–Crippen LogP) is 0.138. The number of hydrogen-bond acceptors (Lipinski definition) is 2. The monoisotopic (exact) mass is 161 g/mol. The Labute approximate surface area is 69.4 Å². The summed E-state index contributed by atoms with van der Waals surface area (Å²) >= 11 is 0. The second-order valence-electron chi connectivity index (χ2n) is 3.79. The SMILES string of the molecule is CCC(N)[N+](C)(C)CC(C)O. The van der Waals surface area contributed by atoms with Gasteiger partial charge in [0.05, 0.1) is 14.1 Å². The lowest BCUT2D eigenvalue weighted by atomic mass is 10.2. The van der Waals surface area contributed by atoms with E-state index in [9.17, 15) is 0 Å². The van der Waals surface area contributed by atoms with Gasteiger partial charge in [0.2, 0.25) is 0 Å². The standard InChI is InChI=1S/C8H21N2O/c1-5-8(9)10(3,4)6-7(2)11/h7-8,11H,5-6,9H2,1-4H3/q+1. The van der Waals surface area contributed by atoms with Gasteiger partial charge in [-0.2, -0.15) is 0 Å². The molecule has 0 amide bonds. The van der Waals surface area contributed by atoms with Crippen LogP contribution in [0.5, 0.6) is 0 Å². The van der Waals surface area contributed by atoms with Crippen molar-refractivity contribution in [3.63, 3.8) is 0 Å². The van der Waals surface area contributed by atoms with E-state index in [1.165, 1.54) is 0 Å². The van der Waals surface area contributed by atoms with Gasteiger partial charge in [-0.1, -0.05) is 6.92 Å². The van der Waals surface area contributed by atoms with Crippen molar-refractivity contribution < 1.29 is 9.59 Å². The fraction of sp³-hybridized carbons (Fsp3) is 1.00. The van der Waals surface area contributed by atoms with Crippen LogP contribution in [0.4, 0.5) is 0 Å². The van der Waals surface area contributed by atoms with E-state index in [4.69, 9.17) is 10.8 Å². The first-order valence-corrected chi connectivity index (χ1v) is 4.16. The molecule has 3 heteroatoms. The number of nitrogens with zero attached hydrogens (tertiary/aromatic N) is 1. The summed E-state index contributed by atoms with van der Waals surface area (Å²) < 4.78 is 0.689. The fourth-order valence-corrected chi connectivity index (χ4v) is 1.31. The molecule has 0 aromatic heterocycles. The molecule has 0 bridgehead atoms. The average Bonchev–Trinajstić information content (AvgIpc) is 1.83. The molecule has 2 unspecified atom stereocenters. The van der Waals surface area contributed by atoms with Crippen LogP contribution in [0.3, 0.4) is 0 Å². The first kappa shape index (κ1) is 10.9. The average molecular weight is 161 g/mol. The van der Waals surface area contributed by atoms with Crippen molar-refractivity contribution in [2.75, 3.05) is 20.6 Å². The molecule has 0 aliphatic rings. The van der Waals surface area contributed by atoms with Gasteiger partial charge < -0.3 is 9.59 Å². The number of aliphatic hydroxyl groups excluding tert-OH is 1. The molecule has 68 valence electrons. The molecule has 0 spiro atoms. The van der Waals surface area contributed by atoms with Crippen LogP contribution in [-0.2, 0) is 0 Å². The minimum absolute atomic E-state index is 0.129. The zero-order valence-electron chi connectivity index (χ0n) is 8.04. The second kappa shape index (κ2) is 4.04. The van der Waals surface area contributed by atoms with E-state index in [1.807, 2.05) is 14.1 Å². The zero-order chi connectivity index (χ0) is 9.07. The van der Waals surface area contributed by atoms with Crippen LogP contribution < -0.4 is 5.73 Å². The summed E-state index contributed by atoms with van der Waals surface area (Å²) in [5.74, 6) is 0. The summed E-state index contributed by atoms with van der Waals surface area (Å²) in [4.78, 5) is 0. The Hall–Kier alpha value is -0.120. The molecule has 0 aliphatic carbocycles. The third-order valence-corrected chi connectivity index (χ3v) is 2.05. The Bertz CT molecular complexity index is 113. The number of nitrogens with two attached hydrogens (primary N) is 1. The first-order chi connectivity index (χ1) is 4.90. The topological polar surface area (TPSA) is 46.2 Å². The Balaban J connectivity index is 3.98. The summed E-state index contributed by atoms with van der Waals surface area (Å²) in [6.07, 6.45) is 0.798. The van der Waals surface area contributed by atoms with E-state index < -0.39 is 0 Å². The van der Waals surface area contributed by atoms with Gasteiger partial charge in [-0.05, 0) is 6.92 Å². The van der Waals surface area contributed by atoms with Crippen LogP contribution in [0.1, 0.15) is 20.3 Å². The largest absolute Gasteiger partial charge is 0.388 e. The van der Waals surface area contributed by atoms with Crippen molar-refractivity contribution in [3.8, 4) is 0 Å². The molecule has 0 rings (SSSR count). The van der Waals surface area contributed by atoms with Crippen LogP contribution in [0.2, 0.25) is 0 Å². The highest BCUT2D eigenvalue weighted by molar-refractivity contribution is 4.49. The second-order valence-corrected chi connectivity index (χ2v) is 3.79. The molecular formula is C8H21N2O+. The van der Waals surface area contributed by atoms with Crippen molar-refractivity contribution in [3.05, 3.63) is 0 Å². The minimum Gasteiger partial charge on any atom is -0.388 e. The zero-order valence-corrected chi connectivity index (χ0v) is 8.04. The Morgan fingerprint density at radius 2 is 1.91 bits per heavy atom. The fourth-order valence-electron chi connectivity index (χ4n) is 1.31. The molecule has 0 heterocycles. The number of quaternary nitrogens is 1. The van der Waals surface area contributed by atoms with Crippen LogP contribution in [0, 0.1) is 0 Å². The molecule has 0 aromatic rings. The Kier molecular flexibility index (Phi) is 4.00. The maximum absolute atomic E-state index is 9.16. The highest BCUT2D eigenvalue weighted by Gasteiger charge is 2.24. The van der Waals surface area contributed by atoms with Crippen LogP contribution >= 0.6 is 0 Å². The molecule has 11 heavy (non-hydrogen) atoms. The van der Waals surface area contributed by atoms with Crippen molar-refractivity contribution in [1.82, 2.24) is 0 Å². The van der Waals surface area contributed by atoms with Crippen LogP contribution in [-0.4, -0.2) is 42.5 Å². The first-order valence-electron chi connectivity index (χ1n) is 4.16. The lowest BCUT2D eigenvalue weighted by molar-refractivity contribution is -0.917. The molecule has 3 N–H and O–H groups in total. The van der Waals surface area contributed by atoms with Gasteiger partial charge in [0.25, 0.3) is 0 Å². The highest BCUT2D eigenvalue weighted by Crippen LogP contribution is 2.06. The molecule has 0 aromatic carbocycles. The van der Waals surface area contributed by atoms with Crippen molar-refractivity contribution in [2.45, 2.75) is 32.5 Å². The third kappa shape index (κ3) is 3.70. The van der Waals surface area contributed by atoms with E-state index in [1.54, 1.807) is 6.92 Å². The normalized spacial score (nSPS) is 18.0. The minimum atomic E-state index is -0.275. The van der Waals surface area contributed by atoms with Gasteiger partial charge >= 0.3 is 0 Å². The van der Waals surface area contributed by atoms with E-state index in [-0.39, 0.29) is 12.3 Å². The number of likely N-dealkylation sites (N-methyl/N-ethyl adjacent to an activating group) is 1. The molecule has 0 saturated heterocycles. The lowest BCUT2D eigenvalue weighted by Gasteiger charge is -2.36. The number of rotatable bonds is 4. The van der Waals surface area contributed by atoms with Crippen LogP contribution in [0.15, 0.2) is 0 Å². The molecular weight excluding hydrogens is 140 g/mol. The molecule has 0 aliphatic heterocycles. The quantitative estimate of drug-likeness (QED) is 0.455. The van der Waals surface area contributed by atoms with Gasteiger partial charge in [0.15, 0.2) is 0 Å². The summed E-state index contributed by atoms with van der Waals surface area (Å²) in [5, 5.41) is 9.16. The lowest BCUT2D eigenvalue weighted by Crippen LogP contribution is -2.56. The summed E-state index contributed by atoms with van der Waals surface area (Å²) in [6.45, 7) is 4.57. The Morgan fingerprint density at radius 3 is 2.18 bits per heavy atom. The van der Waals surface area contributed by atoms with Crippen LogP contribution in [0.25, 0.3) is 0 Å². The van der Waals surface area contributed by atoms with E-state index >= 15 is 0 Å². The van der Waals surface area contributed by atoms with Crippen molar-refractivity contribution in [2.24, 2.45) is 5.73 Å². The molecule has 0 saturated carbocycles. The highest BCUT2D eigenvalue weighted by atomic mass is 16.3. The van der Waals surface area contributed by atoms with Gasteiger partial charge in [-0.3, -0.25) is 5.73 Å². The molecule has 0 fully saturated rings. The number of hydrogen-bond donors (Lipinski definition) is 2.